The van der Waals surface area contributed by atoms with Crippen LogP contribution in [0.15, 0.2) is 73.1 Å². The number of fused-ring (bicyclic) bond motifs is 3. The number of benzene rings is 3. The van der Waals surface area contributed by atoms with E-state index >= 15 is 0 Å². The number of carbonyl (C=O) groups excluding carboxylic acids is 2. The minimum atomic E-state index is -1.22. The van der Waals surface area contributed by atoms with Crippen LogP contribution in [-0.2, 0) is 23.6 Å². The molecule has 2 atom stereocenters. The highest BCUT2D eigenvalue weighted by Crippen LogP contribution is 2.45. The smallest absolute Gasteiger partial charge is 0.391 e. The van der Waals surface area contributed by atoms with Crippen LogP contribution in [0.3, 0.4) is 0 Å². The van der Waals surface area contributed by atoms with E-state index in [1.54, 1.807) is 28.1 Å². The van der Waals surface area contributed by atoms with Crippen molar-refractivity contribution < 1.29 is 23.5 Å². The van der Waals surface area contributed by atoms with Crippen molar-refractivity contribution in [2.45, 2.75) is 83.7 Å². The maximum atomic E-state index is 14.6. The van der Waals surface area contributed by atoms with Gasteiger partial charge in [-0.3, -0.25) is 4.90 Å². The van der Waals surface area contributed by atoms with Gasteiger partial charge in [0.15, 0.2) is 0 Å². The number of nitrogens with one attached hydrogen (secondary N) is 1. The summed E-state index contributed by atoms with van der Waals surface area (Å²) in [4.78, 5) is 35.8. The predicted octanol–water partition coefficient (Wildman–Crippen LogP) is 8.66. The zero-order chi connectivity index (χ0) is 35.9. The number of hydrogen-bond acceptors (Lipinski definition) is 6. The summed E-state index contributed by atoms with van der Waals surface area (Å²) in [6.45, 7) is 12.8. The first kappa shape index (κ1) is 34.6. The van der Waals surface area contributed by atoms with Gasteiger partial charge in [-0.05, 0) is 66.4 Å². The van der Waals surface area contributed by atoms with Gasteiger partial charge in [0.2, 0.25) is 5.88 Å². The molecule has 0 bridgehead atoms. The molecule has 2 unspecified atom stereocenters. The maximum Gasteiger partial charge on any atom is 0.417 e. The van der Waals surface area contributed by atoms with E-state index in [2.05, 4.69) is 49.0 Å². The molecule has 0 radical (unpaired) electrons. The first-order valence-electron chi connectivity index (χ1n) is 17.7. The molecule has 10 nitrogen and oxygen atoms in total. The molecule has 7 rings (SSSR count). The number of aryl methyl sites for hydroxylation is 1. The molecule has 51 heavy (non-hydrogen) atoms. The molecule has 1 fully saturated rings. The molecule has 266 valence electrons. The second kappa shape index (κ2) is 13.7. The van der Waals surface area contributed by atoms with Crippen LogP contribution in [0.2, 0.25) is 25.7 Å². The van der Waals surface area contributed by atoms with Gasteiger partial charge in [-0.25, -0.2) is 23.6 Å². The van der Waals surface area contributed by atoms with Gasteiger partial charge >= 0.3 is 12.1 Å². The van der Waals surface area contributed by atoms with Gasteiger partial charge < -0.3 is 19.7 Å². The lowest BCUT2D eigenvalue weighted by atomic mass is 9.75. The van der Waals surface area contributed by atoms with Crippen LogP contribution >= 0.6 is 0 Å². The number of piperidine rings is 1. The molecule has 0 spiro atoms. The average Bonchev–Trinajstić information content (AvgIpc) is 3.53. The molecule has 2 aliphatic heterocycles. The molecule has 3 amide bonds. The molecule has 5 aromatic rings. The lowest BCUT2D eigenvalue weighted by molar-refractivity contribution is 0.0107. The lowest BCUT2D eigenvalue weighted by Crippen LogP contribution is -2.60. The van der Waals surface area contributed by atoms with Crippen molar-refractivity contribution in [3.05, 3.63) is 95.6 Å². The summed E-state index contributed by atoms with van der Waals surface area (Å²) >= 11 is 0. The maximum absolute atomic E-state index is 14.6. The fraction of sp³-hybridized carbons (Fsp3) is 0.385. The minimum absolute atomic E-state index is 0.224. The predicted molar refractivity (Wildman–Crippen MR) is 199 cm³/mol. The Morgan fingerprint density at radius 3 is 2.67 bits per heavy atom. The number of amides is 3. The van der Waals surface area contributed by atoms with Crippen LogP contribution in [-0.4, -0.2) is 64.0 Å². The second-order valence-corrected chi connectivity index (χ2v) is 20.6. The second-order valence-electron chi connectivity index (χ2n) is 15.0. The SMILES string of the molecule is CCC1(c2cc(C)c3nn(COCC[Si](C)(C)C)cc3c2)CC(N2Cc3cccc(F)c3NC2=O)CCN1C(=O)Oc1cc2ccccc2cn1. The Balaban J connectivity index is 1.23. The molecular formula is C39H45FN6O4Si. The zero-order valence-corrected chi connectivity index (χ0v) is 30.9. The van der Waals surface area contributed by atoms with Crippen molar-refractivity contribution in [3.63, 3.8) is 0 Å². The number of rotatable bonds is 9. The first-order chi connectivity index (χ1) is 24.4. The summed E-state index contributed by atoms with van der Waals surface area (Å²) in [7, 11) is -1.22. The Labute approximate surface area is 298 Å². The van der Waals surface area contributed by atoms with E-state index in [0.29, 0.717) is 39.1 Å². The summed E-state index contributed by atoms with van der Waals surface area (Å²) in [5, 5.41) is 10.4. The van der Waals surface area contributed by atoms with Gasteiger partial charge in [-0.2, -0.15) is 5.10 Å². The van der Waals surface area contributed by atoms with E-state index in [0.717, 1.165) is 44.4 Å². The number of halogens is 1. The van der Waals surface area contributed by atoms with Crippen LogP contribution in [0.25, 0.3) is 21.7 Å². The number of aromatic nitrogens is 3. The summed E-state index contributed by atoms with van der Waals surface area (Å²) < 4.78 is 28.5. The average molecular weight is 709 g/mol. The molecule has 2 aliphatic rings. The van der Waals surface area contributed by atoms with Gasteiger partial charge in [-0.1, -0.05) is 69.0 Å². The highest BCUT2D eigenvalue weighted by Gasteiger charge is 2.48. The van der Waals surface area contributed by atoms with Gasteiger partial charge in [-0.15, -0.1) is 0 Å². The molecule has 1 N–H and O–H groups in total. The third kappa shape index (κ3) is 6.94. The van der Waals surface area contributed by atoms with E-state index in [-0.39, 0.29) is 30.2 Å². The lowest BCUT2D eigenvalue weighted by Gasteiger charge is -2.51. The first-order valence-corrected chi connectivity index (χ1v) is 21.4. The quantitative estimate of drug-likeness (QED) is 0.122. The molecular weight excluding hydrogens is 664 g/mol. The number of hydrogen-bond donors (Lipinski definition) is 1. The number of pyridine rings is 1. The van der Waals surface area contributed by atoms with Crippen molar-refractivity contribution in [2.75, 3.05) is 18.5 Å². The Bertz CT molecular complexity index is 2120. The Morgan fingerprint density at radius 2 is 1.88 bits per heavy atom. The monoisotopic (exact) mass is 708 g/mol. The third-order valence-corrected chi connectivity index (χ3v) is 12.1. The van der Waals surface area contributed by atoms with Crippen LogP contribution in [0.5, 0.6) is 5.88 Å². The molecule has 3 aromatic carbocycles. The van der Waals surface area contributed by atoms with E-state index in [9.17, 15) is 14.0 Å². The molecule has 12 heteroatoms. The van der Waals surface area contributed by atoms with E-state index < -0.39 is 25.5 Å². The van der Waals surface area contributed by atoms with Crippen LogP contribution in [0.1, 0.15) is 42.9 Å². The van der Waals surface area contributed by atoms with E-state index in [4.69, 9.17) is 14.6 Å². The van der Waals surface area contributed by atoms with E-state index in [1.165, 1.54) is 6.07 Å². The standard InChI is InChI=1S/C39H45FN6O4Si/c1-6-39(31-18-26(2)35-30(19-31)23-44(43-35)25-49-16-17-51(3,4)5)21-32(45-24-29-12-9-13-33(40)36(29)42-37(45)47)14-15-46(39)38(48)50-34-20-27-10-7-8-11-28(27)22-41-34/h7-13,18-20,22-23,32H,6,14-17,21,24-25H2,1-5H3,(H,42,47). The number of ether oxygens (including phenoxy) is 2. The normalized spacial score (nSPS) is 19.3. The fourth-order valence-electron chi connectivity index (χ4n) is 7.50. The number of carbonyl (C=O) groups is 2. The number of likely N-dealkylation sites (tertiary alicyclic amines) is 1. The van der Waals surface area contributed by atoms with Crippen LogP contribution in [0, 0.1) is 12.7 Å². The summed E-state index contributed by atoms with van der Waals surface area (Å²) in [5.74, 6) is -0.226. The topological polar surface area (TPSA) is 102 Å². The molecule has 0 aliphatic carbocycles. The zero-order valence-electron chi connectivity index (χ0n) is 29.9. The van der Waals surface area contributed by atoms with Crippen molar-refractivity contribution in [3.8, 4) is 5.88 Å². The van der Waals surface area contributed by atoms with Crippen LogP contribution < -0.4 is 10.1 Å². The summed E-state index contributed by atoms with van der Waals surface area (Å²) in [5.41, 5.74) is 2.89. The Hall–Kier alpha value is -4.81. The third-order valence-electron chi connectivity index (χ3n) is 10.4. The Morgan fingerprint density at radius 1 is 1.08 bits per heavy atom. The Kier molecular flexibility index (Phi) is 9.32. The molecule has 2 aromatic heterocycles. The van der Waals surface area contributed by atoms with Gasteiger partial charge in [0.05, 0.1) is 16.7 Å². The van der Waals surface area contributed by atoms with Gasteiger partial charge in [0.1, 0.15) is 12.5 Å². The minimum Gasteiger partial charge on any atom is -0.391 e. The van der Waals surface area contributed by atoms with Crippen molar-refractivity contribution in [1.29, 1.82) is 0 Å². The van der Waals surface area contributed by atoms with Crippen molar-refractivity contribution in [2.24, 2.45) is 0 Å². The number of anilines is 1. The molecule has 1 saturated heterocycles. The van der Waals surface area contributed by atoms with Crippen LogP contribution in [0.4, 0.5) is 19.7 Å². The van der Waals surface area contributed by atoms with Gasteiger partial charge in [0, 0.05) is 63.0 Å². The molecule has 0 saturated carbocycles. The van der Waals surface area contributed by atoms with E-state index in [1.807, 2.05) is 48.1 Å². The number of urea groups is 1. The number of para-hydroxylation sites is 1. The van der Waals surface area contributed by atoms with Crippen molar-refractivity contribution in [1.82, 2.24) is 24.6 Å². The molecule has 4 heterocycles. The highest BCUT2D eigenvalue weighted by molar-refractivity contribution is 6.76. The van der Waals surface area contributed by atoms with Gasteiger partial charge in [0.25, 0.3) is 0 Å². The summed E-state index contributed by atoms with van der Waals surface area (Å²) in [6.07, 6.45) is 4.74. The van der Waals surface area contributed by atoms with Crippen molar-refractivity contribution >= 4 is 47.6 Å². The summed E-state index contributed by atoms with van der Waals surface area (Å²) in [6, 6.07) is 19.1. The largest absolute Gasteiger partial charge is 0.417 e. The fourth-order valence-corrected chi connectivity index (χ4v) is 8.26. The highest BCUT2D eigenvalue weighted by atomic mass is 28.3. The number of nitrogens with zero attached hydrogens (tertiary/aromatic N) is 5.